The molecule has 1 atom stereocenters. The highest BCUT2D eigenvalue weighted by molar-refractivity contribution is 4.84. The fraction of sp³-hybridized carbons (Fsp3) is 1.00. The van der Waals surface area contributed by atoms with Crippen molar-refractivity contribution in [3.63, 3.8) is 0 Å². The Morgan fingerprint density at radius 1 is 1.00 bits per heavy atom. The summed E-state index contributed by atoms with van der Waals surface area (Å²) in [6.45, 7) is 6.83. The summed E-state index contributed by atoms with van der Waals surface area (Å²) in [7, 11) is 0. The first-order valence-electron chi connectivity index (χ1n) is 6.97. The highest BCUT2D eigenvalue weighted by Gasteiger charge is 2.28. The Labute approximate surface area is 99.4 Å². The van der Waals surface area contributed by atoms with Crippen molar-refractivity contribution in [2.75, 3.05) is 39.3 Å². The normalized spacial score (nSPS) is 27.9. The van der Waals surface area contributed by atoms with Crippen LogP contribution in [0.3, 0.4) is 0 Å². The van der Waals surface area contributed by atoms with E-state index in [4.69, 9.17) is 5.11 Å². The molecular formula is C13H26N2O. The zero-order chi connectivity index (χ0) is 11.2. The van der Waals surface area contributed by atoms with E-state index in [2.05, 4.69) is 9.80 Å². The van der Waals surface area contributed by atoms with Gasteiger partial charge in [0.25, 0.3) is 0 Å². The highest BCUT2D eigenvalue weighted by atomic mass is 16.2. The molecule has 16 heavy (non-hydrogen) atoms. The van der Waals surface area contributed by atoms with Crippen LogP contribution in [0.5, 0.6) is 0 Å². The van der Waals surface area contributed by atoms with Gasteiger partial charge in [-0.05, 0) is 64.7 Å². The molecule has 3 nitrogen and oxygen atoms in total. The van der Waals surface area contributed by atoms with Crippen LogP contribution in [0.25, 0.3) is 0 Å². The lowest BCUT2D eigenvalue weighted by Crippen LogP contribution is -2.37. The molecular weight excluding hydrogens is 200 g/mol. The second-order valence-corrected chi connectivity index (χ2v) is 5.27. The highest BCUT2D eigenvalue weighted by Crippen LogP contribution is 2.21. The monoisotopic (exact) mass is 226 g/mol. The number of aliphatic hydroxyl groups excluding tert-OH is 1. The molecule has 0 aliphatic carbocycles. The maximum absolute atomic E-state index is 8.75. The second-order valence-electron chi connectivity index (χ2n) is 5.27. The quantitative estimate of drug-likeness (QED) is 0.716. The maximum Gasteiger partial charge on any atom is 0.0431 e. The largest absolute Gasteiger partial charge is 0.396 e. The Kier molecular flexibility index (Phi) is 5.07. The van der Waals surface area contributed by atoms with Crippen LogP contribution in [0.1, 0.15) is 38.5 Å². The van der Waals surface area contributed by atoms with Crippen LogP contribution in [-0.2, 0) is 0 Å². The molecule has 0 aromatic carbocycles. The zero-order valence-corrected chi connectivity index (χ0v) is 10.4. The summed E-state index contributed by atoms with van der Waals surface area (Å²) < 4.78 is 0. The van der Waals surface area contributed by atoms with Gasteiger partial charge in [-0.15, -0.1) is 0 Å². The molecule has 0 amide bonds. The Hall–Kier alpha value is -0.120. The van der Waals surface area contributed by atoms with Crippen LogP contribution in [-0.4, -0.2) is 60.3 Å². The standard InChI is InChI=1S/C13H26N2O/c16-11-3-1-2-7-14-8-5-10-15-9-4-6-13(15)12-14/h13,16H,1-12H2. The van der Waals surface area contributed by atoms with E-state index >= 15 is 0 Å². The summed E-state index contributed by atoms with van der Waals surface area (Å²) >= 11 is 0. The minimum absolute atomic E-state index is 0.358. The van der Waals surface area contributed by atoms with Crippen molar-refractivity contribution in [2.45, 2.75) is 44.6 Å². The van der Waals surface area contributed by atoms with Crippen molar-refractivity contribution in [3.8, 4) is 0 Å². The number of hydrogen-bond acceptors (Lipinski definition) is 3. The Morgan fingerprint density at radius 2 is 1.88 bits per heavy atom. The van der Waals surface area contributed by atoms with Gasteiger partial charge in [-0.3, -0.25) is 4.90 Å². The molecule has 0 aromatic rings. The van der Waals surface area contributed by atoms with Crippen LogP contribution < -0.4 is 0 Å². The average Bonchev–Trinajstić information content (AvgIpc) is 2.63. The van der Waals surface area contributed by atoms with Crippen LogP contribution in [0.15, 0.2) is 0 Å². The lowest BCUT2D eigenvalue weighted by Gasteiger charge is -2.25. The second kappa shape index (κ2) is 6.58. The topological polar surface area (TPSA) is 26.7 Å². The van der Waals surface area contributed by atoms with Crippen LogP contribution in [0, 0.1) is 0 Å². The minimum atomic E-state index is 0.358. The van der Waals surface area contributed by atoms with Crippen molar-refractivity contribution in [1.29, 1.82) is 0 Å². The molecule has 2 rings (SSSR count). The maximum atomic E-state index is 8.75. The lowest BCUT2D eigenvalue weighted by molar-refractivity contribution is 0.215. The molecule has 2 fully saturated rings. The molecule has 2 aliphatic heterocycles. The Bertz CT molecular complexity index is 198. The number of fused-ring (bicyclic) bond motifs is 1. The van der Waals surface area contributed by atoms with Gasteiger partial charge in [0.05, 0.1) is 0 Å². The average molecular weight is 226 g/mol. The van der Waals surface area contributed by atoms with Crippen molar-refractivity contribution < 1.29 is 5.11 Å². The van der Waals surface area contributed by atoms with Crippen molar-refractivity contribution >= 4 is 0 Å². The van der Waals surface area contributed by atoms with E-state index in [1.807, 2.05) is 0 Å². The van der Waals surface area contributed by atoms with Crippen molar-refractivity contribution in [2.24, 2.45) is 0 Å². The minimum Gasteiger partial charge on any atom is -0.396 e. The van der Waals surface area contributed by atoms with Gasteiger partial charge >= 0.3 is 0 Å². The van der Waals surface area contributed by atoms with Gasteiger partial charge in [-0.25, -0.2) is 0 Å². The lowest BCUT2D eigenvalue weighted by atomic mass is 10.2. The van der Waals surface area contributed by atoms with E-state index in [0.29, 0.717) is 6.61 Å². The van der Waals surface area contributed by atoms with Gasteiger partial charge in [0.2, 0.25) is 0 Å². The molecule has 2 aliphatic rings. The van der Waals surface area contributed by atoms with Gasteiger partial charge in [0.1, 0.15) is 0 Å². The third kappa shape index (κ3) is 3.44. The van der Waals surface area contributed by atoms with E-state index in [0.717, 1.165) is 12.5 Å². The number of aliphatic hydroxyl groups is 1. The number of unbranched alkanes of at least 4 members (excludes halogenated alkanes) is 2. The van der Waals surface area contributed by atoms with E-state index in [-0.39, 0.29) is 0 Å². The molecule has 0 saturated carbocycles. The molecule has 0 bridgehead atoms. The van der Waals surface area contributed by atoms with Crippen molar-refractivity contribution in [3.05, 3.63) is 0 Å². The van der Waals surface area contributed by atoms with Gasteiger partial charge in [0.15, 0.2) is 0 Å². The van der Waals surface area contributed by atoms with Crippen LogP contribution in [0.2, 0.25) is 0 Å². The number of nitrogens with zero attached hydrogens (tertiary/aromatic N) is 2. The number of rotatable bonds is 5. The fourth-order valence-electron chi connectivity index (χ4n) is 3.11. The fourth-order valence-corrected chi connectivity index (χ4v) is 3.11. The van der Waals surface area contributed by atoms with E-state index in [1.165, 1.54) is 64.8 Å². The first-order valence-corrected chi connectivity index (χ1v) is 6.97. The summed E-state index contributed by atoms with van der Waals surface area (Å²) in [5.41, 5.74) is 0. The summed E-state index contributed by atoms with van der Waals surface area (Å²) in [6, 6.07) is 0.848. The SMILES string of the molecule is OCCCCCN1CCCN2CCCC2C1. The molecule has 0 spiro atoms. The summed E-state index contributed by atoms with van der Waals surface area (Å²) in [5, 5.41) is 8.75. The first-order chi connectivity index (χ1) is 7.90. The van der Waals surface area contributed by atoms with Gasteiger partial charge in [-0.1, -0.05) is 0 Å². The van der Waals surface area contributed by atoms with E-state index in [9.17, 15) is 0 Å². The molecule has 0 aromatic heterocycles. The molecule has 0 radical (unpaired) electrons. The molecule has 1 N–H and O–H groups in total. The predicted octanol–water partition coefficient (Wildman–Crippen LogP) is 1.32. The van der Waals surface area contributed by atoms with Crippen LogP contribution >= 0.6 is 0 Å². The Morgan fingerprint density at radius 3 is 2.75 bits per heavy atom. The molecule has 2 saturated heterocycles. The van der Waals surface area contributed by atoms with Gasteiger partial charge < -0.3 is 10.0 Å². The summed E-state index contributed by atoms with van der Waals surface area (Å²) in [6.07, 6.45) is 7.57. The van der Waals surface area contributed by atoms with Crippen molar-refractivity contribution in [1.82, 2.24) is 9.80 Å². The van der Waals surface area contributed by atoms with Gasteiger partial charge in [0, 0.05) is 19.2 Å². The summed E-state index contributed by atoms with van der Waals surface area (Å²) in [4.78, 5) is 5.33. The third-order valence-corrected chi connectivity index (χ3v) is 4.02. The molecule has 94 valence electrons. The molecule has 2 heterocycles. The van der Waals surface area contributed by atoms with Gasteiger partial charge in [-0.2, -0.15) is 0 Å². The molecule has 1 unspecified atom stereocenters. The number of hydrogen-bond donors (Lipinski definition) is 1. The zero-order valence-electron chi connectivity index (χ0n) is 10.4. The Balaban J connectivity index is 1.69. The summed E-state index contributed by atoms with van der Waals surface area (Å²) in [5.74, 6) is 0. The predicted molar refractivity (Wildman–Crippen MR) is 66.6 cm³/mol. The molecule has 3 heteroatoms. The van der Waals surface area contributed by atoms with E-state index in [1.54, 1.807) is 0 Å². The smallest absolute Gasteiger partial charge is 0.0431 e. The first kappa shape index (κ1) is 12.3. The third-order valence-electron chi connectivity index (χ3n) is 4.02. The van der Waals surface area contributed by atoms with Crippen LogP contribution in [0.4, 0.5) is 0 Å². The van der Waals surface area contributed by atoms with E-state index < -0.39 is 0 Å².